The summed E-state index contributed by atoms with van der Waals surface area (Å²) in [6.45, 7) is 5.66. The summed E-state index contributed by atoms with van der Waals surface area (Å²) in [7, 11) is 1.61. The van der Waals surface area contributed by atoms with Crippen LogP contribution in [0.25, 0.3) is 22.6 Å². The van der Waals surface area contributed by atoms with Gasteiger partial charge in [-0.25, -0.2) is 4.98 Å². The van der Waals surface area contributed by atoms with Gasteiger partial charge in [-0.1, -0.05) is 6.58 Å². The molecule has 0 saturated carbocycles. The van der Waals surface area contributed by atoms with Crippen molar-refractivity contribution >= 4 is 16.8 Å². The average Bonchev–Trinajstić information content (AvgIpc) is 3.06. The number of aliphatic imine (C=N–C) groups is 1. The minimum atomic E-state index is 0.544. The number of rotatable bonds is 5. The van der Waals surface area contributed by atoms with E-state index >= 15 is 0 Å². The number of pyridine rings is 1. The fraction of sp³-hybridized carbons (Fsp3) is 0.105. The van der Waals surface area contributed by atoms with Crippen LogP contribution in [0.3, 0.4) is 0 Å². The van der Waals surface area contributed by atoms with E-state index in [9.17, 15) is 0 Å². The van der Waals surface area contributed by atoms with Crippen LogP contribution < -0.4 is 0 Å². The van der Waals surface area contributed by atoms with Crippen LogP contribution in [0.15, 0.2) is 76.7 Å². The van der Waals surface area contributed by atoms with E-state index < -0.39 is 0 Å². The van der Waals surface area contributed by atoms with Crippen molar-refractivity contribution in [1.82, 2.24) is 9.97 Å². The molecule has 0 N–H and O–H groups in total. The lowest BCUT2D eigenvalue weighted by atomic mass is 10.1. The van der Waals surface area contributed by atoms with Crippen LogP contribution in [0, 0.1) is 0 Å². The van der Waals surface area contributed by atoms with Gasteiger partial charge in [0.05, 0.1) is 24.6 Å². The van der Waals surface area contributed by atoms with Crippen LogP contribution in [-0.4, -0.2) is 22.8 Å². The highest BCUT2D eigenvalue weighted by molar-refractivity contribution is 6.10. The second-order valence-electron chi connectivity index (χ2n) is 5.11. The maximum absolute atomic E-state index is 5.79. The van der Waals surface area contributed by atoms with Crippen LogP contribution in [0.1, 0.15) is 12.5 Å². The lowest BCUT2D eigenvalue weighted by Gasteiger charge is -2.00. The zero-order valence-electron chi connectivity index (χ0n) is 13.6. The van der Waals surface area contributed by atoms with Gasteiger partial charge in [-0.3, -0.25) is 9.98 Å². The molecule has 0 atom stereocenters. The van der Waals surface area contributed by atoms with Crippen molar-refractivity contribution in [2.45, 2.75) is 6.92 Å². The molecule has 3 aromatic rings. The van der Waals surface area contributed by atoms with Gasteiger partial charge in [-0.2, -0.15) is 0 Å². The number of hydrogen-bond acceptors (Lipinski definition) is 5. The van der Waals surface area contributed by atoms with Crippen LogP contribution in [0.4, 0.5) is 0 Å². The number of ether oxygens (including phenoxy) is 1. The molecule has 0 aliphatic rings. The first kappa shape index (κ1) is 15.7. The Hall–Kier alpha value is -3.21. The summed E-state index contributed by atoms with van der Waals surface area (Å²) in [4.78, 5) is 13.0. The number of methoxy groups -OCH3 is 1. The first-order valence-corrected chi connectivity index (χ1v) is 7.43. The molecular formula is C19H17N3O2. The van der Waals surface area contributed by atoms with Gasteiger partial charge in [-0.05, 0) is 43.3 Å². The molecule has 0 radical (unpaired) electrons. The molecule has 1 aromatic carbocycles. The molecule has 2 aromatic heterocycles. The van der Waals surface area contributed by atoms with Gasteiger partial charge in [0.1, 0.15) is 11.3 Å². The second-order valence-corrected chi connectivity index (χ2v) is 5.11. The second kappa shape index (κ2) is 6.91. The van der Waals surface area contributed by atoms with Crippen LogP contribution in [0.5, 0.6) is 0 Å². The fourth-order valence-corrected chi connectivity index (χ4v) is 2.16. The highest BCUT2D eigenvalue weighted by Gasteiger charge is 2.10. The van der Waals surface area contributed by atoms with E-state index in [4.69, 9.17) is 9.15 Å². The summed E-state index contributed by atoms with van der Waals surface area (Å²) in [6.07, 6.45) is 6.79. The lowest BCUT2D eigenvalue weighted by Crippen LogP contribution is -1.95. The van der Waals surface area contributed by atoms with Crippen molar-refractivity contribution in [3.8, 4) is 11.5 Å². The number of oxazole rings is 1. The molecule has 3 rings (SSSR count). The molecule has 5 nitrogen and oxygen atoms in total. The van der Waals surface area contributed by atoms with Gasteiger partial charge in [0.15, 0.2) is 5.58 Å². The van der Waals surface area contributed by atoms with Crippen LogP contribution in [-0.2, 0) is 4.74 Å². The quantitative estimate of drug-likeness (QED) is 0.517. The topological polar surface area (TPSA) is 60.5 Å². The summed E-state index contributed by atoms with van der Waals surface area (Å²) in [5.41, 5.74) is 3.95. The van der Waals surface area contributed by atoms with E-state index in [1.807, 2.05) is 37.3 Å². The maximum atomic E-state index is 5.79. The highest BCUT2D eigenvalue weighted by Crippen LogP contribution is 2.24. The van der Waals surface area contributed by atoms with E-state index in [1.54, 1.807) is 31.8 Å². The van der Waals surface area contributed by atoms with Crippen molar-refractivity contribution in [1.29, 1.82) is 0 Å². The average molecular weight is 319 g/mol. The zero-order chi connectivity index (χ0) is 16.9. The number of benzene rings is 1. The molecule has 0 amide bonds. The van der Waals surface area contributed by atoms with Crippen molar-refractivity contribution in [3.05, 3.63) is 72.9 Å². The molecule has 0 aliphatic carbocycles. The van der Waals surface area contributed by atoms with E-state index in [2.05, 4.69) is 21.5 Å². The third kappa shape index (κ3) is 3.25. The van der Waals surface area contributed by atoms with E-state index in [1.165, 1.54) is 0 Å². The van der Waals surface area contributed by atoms with Crippen LogP contribution >= 0.6 is 0 Å². The lowest BCUT2D eigenvalue weighted by molar-refractivity contribution is 0.292. The van der Waals surface area contributed by atoms with Gasteiger partial charge in [-0.15, -0.1) is 0 Å². The largest absolute Gasteiger partial charge is 0.500 e. The standard InChI is InChI=1S/C19H17N3O2/c1-4-16(21-11-13(2)23-3)14-7-8-18-17(10-14)22-19(24-18)15-6-5-9-20-12-15/h4-12H,1H2,2-3H3/b13-11+,21-16+. The van der Waals surface area contributed by atoms with Gasteiger partial charge in [0.2, 0.25) is 5.89 Å². The third-order valence-electron chi connectivity index (χ3n) is 3.49. The third-order valence-corrected chi connectivity index (χ3v) is 3.49. The molecule has 0 spiro atoms. The summed E-state index contributed by atoms with van der Waals surface area (Å²) in [6, 6.07) is 9.49. The van der Waals surface area contributed by atoms with E-state index in [0.29, 0.717) is 11.5 Å². The van der Waals surface area contributed by atoms with Gasteiger partial charge in [0, 0.05) is 18.0 Å². The van der Waals surface area contributed by atoms with Crippen molar-refractivity contribution in [3.63, 3.8) is 0 Å². The smallest absolute Gasteiger partial charge is 0.228 e. The number of nitrogens with zero attached hydrogens (tertiary/aromatic N) is 3. The molecular weight excluding hydrogens is 302 g/mol. The summed E-state index contributed by atoms with van der Waals surface area (Å²) < 4.78 is 10.9. The Labute approximate surface area is 140 Å². The number of hydrogen-bond donors (Lipinski definition) is 0. The first-order chi connectivity index (χ1) is 11.7. The molecule has 0 bridgehead atoms. The van der Waals surface area contributed by atoms with Crippen molar-refractivity contribution in [2.75, 3.05) is 7.11 Å². The van der Waals surface area contributed by atoms with E-state index in [0.717, 1.165) is 28.1 Å². The summed E-state index contributed by atoms with van der Waals surface area (Å²) >= 11 is 0. The monoisotopic (exact) mass is 319 g/mol. The van der Waals surface area contributed by atoms with E-state index in [-0.39, 0.29) is 0 Å². The Bertz CT molecular complexity index is 924. The van der Waals surface area contributed by atoms with Crippen molar-refractivity contribution < 1.29 is 9.15 Å². The first-order valence-electron chi connectivity index (χ1n) is 7.43. The minimum Gasteiger partial charge on any atom is -0.500 e. The summed E-state index contributed by atoms with van der Waals surface area (Å²) in [5.74, 6) is 1.26. The molecule has 120 valence electrons. The molecule has 0 aliphatic heterocycles. The molecule has 0 unspecified atom stereocenters. The Kier molecular flexibility index (Phi) is 4.52. The summed E-state index contributed by atoms with van der Waals surface area (Å²) in [5, 5.41) is 0. The molecule has 0 saturated heterocycles. The number of fused-ring (bicyclic) bond motifs is 1. The molecule has 0 fully saturated rings. The molecule has 5 heteroatoms. The highest BCUT2D eigenvalue weighted by atomic mass is 16.5. The predicted molar refractivity (Wildman–Crippen MR) is 94.7 cm³/mol. The Morgan fingerprint density at radius 3 is 2.92 bits per heavy atom. The van der Waals surface area contributed by atoms with Crippen molar-refractivity contribution in [2.24, 2.45) is 4.99 Å². The van der Waals surface area contributed by atoms with Crippen LogP contribution in [0.2, 0.25) is 0 Å². The van der Waals surface area contributed by atoms with Gasteiger partial charge >= 0.3 is 0 Å². The normalized spacial score (nSPS) is 12.4. The Morgan fingerprint density at radius 2 is 2.21 bits per heavy atom. The Morgan fingerprint density at radius 1 is 1.33 bits per heavy atom. The predicted octanol–water partition coefficient (Wildman–Crippen LogP) is 4.37. The minimum absolute atomic E-state index is 0.544. The number of aromatic nitrogens is 2. The number of allylic oxidation sites excluding steroid dienone is 2. The van der Waals surface area contributed by atoms with Gasteiger partial charge < -0.3 is 9.15 Å². The molecule has 2 heterocycles. The zero-order valence-corrected chi connectivity index (χ0v) is 13.6. The maximum Gasteiger partial charge on any atom is 0.228 e. The Balaban J connectivity index is 2.00. The SMILES string of the molecule is C=C/C(=N\C=C(/C)OC)c1ccc2oc(-c3cccnc3)nc2c1. The van der Waals surface area contributed by atoms with Gasteiger partial charge in [0.25, 0.3) is 0 Å². The molecule has 24 heavy (non-hydrogen) atoms. The fourth-order valence-electron chi connectivity index (χ4n) is 2.16.